The number of hydrogen-bond acceptors (Lipinski definition) is 3. The van der Waals surface area contributed by atoms with Gasteiger partial charge in [0.25, 0.3) is 0 Å². The Morgan fingerprint density at radius 2 is 2.00 bits per heavy atom. The molecule has 0 radical (unpaired) electrons. The van der Waals surface area contributed by atoms with Crippen LogP contribution in [0.5, 0.6) is 5.75 Å². The van der Waals surface area contributed by atoms with E-state index in [1.165, 1.54) is 6.42 Å². The van der Waals surface area contributed by atoms with Gasteiger partial charge in [0, 0.05) is 0 Å². The number of nitrogens with one attached hydrogen (secondary N) is 1. The van der Waals surface area contributed by atoms with Crippen molar-refractivity contribution in [3.8, 4) is 5.75 Å². The van der Waals surface area contributed by atoms with Crippen molar-refractivity contribution in [2.24, 2.45) is 5.92 Å². The van der Waals surface area contributed by atoms with Crippen LogP contribution in [0.4, 0.5) is 10.5 Å². The summed E-state index contributed by atoms with van der Waals surface area (Å²) in [4.78, 5) is 11.9. The first-order valence-corrected chi connectivity index (χ1v) is 6.81. The molecule has 1 aliphatic carbocycles. The maximum Gasteiger partial charge on any atom is 0.412 e. The number of amides is 1. The minimum absolute atomic E-state index is 0.0310. The largest absolute Gasteiger partial charge is 0.495 e. The van der Waals surface area contributed by atoms with Crippen LogP contribution in [0.2, 0.25) is 0 Å². The van der Waals surface area contributed by atoms with Crippen LogP contribution >= 0.6 is 0 Å². The van der Waals surface area contributed by atoms with E-state index in [1.54, 1.807) is 19.2 Å². The van der Waals surface area contributed by atoms with Crippen molar-refractivity contribution >= 4 is 11.8 Å². The van der Waals surface area contributed by atoms with Gasteiger partial charge in [-0.05, 0) is 37.3 Å². The fourth-order valence-electron chi connectivity index (χ4n) is 2.48. The number of hydrogen-bond donors (Lipinski definition) is 1. The molecule has 0 heterocycles. The summed E-state index contributed by atoms with van der Waals surface area (Å²) in [7, 11) is 1.58. The highest BCUT2D eigenvalue weighted by Gasteiger charge is 2.25. The van der Waals surface area contributed by atoms with Crippen molar-refractivity contribution in [3.63, 3.8) is 0 Å². The Kier molecular flexibility index (Phi) is 4.66. The van der Waals surface area contributed by atoms with E-state index in [0.29, 0.717) is 17.4 Å². The summed E-state index contributed by atoms with van der Waals surface area (Å²) in [5.74, 6) is 1.08. The highest BCUT2D eigenvalue weighted by Crippen LogP contribution is 2.27. The van der Waals surface area contributed by atoms with Crippen LogP contribution in [0.15, 0.2) is 24.3 Å². The summed E-state index contributed by atoms with van der Waals surface area (Å²) >= 11 is 0. The molecular weight excluding hydrogens is 242 g/mol. The Labute approximate surface area is 114 Å². The van der Waals surface area contributed by atoms with Gasteiger partial charge in [0.1, 0.15) is 11.9 Å². The first-order valence-electron chi connectivity index (χ1n) is 6.81. The summed E-state index contributed by atoms with van der Waals surface area (Å²) in [5.41, 5.74) is 0.637. The smallest absolute Gasteiger partial charge is 0.412 e. The number of anilines is 1. The SMILES string of the molecule is COc1ccccc1NC(=O)O[C@H]1CCCC[C@H]1C. The molecule has 4 heteroatoms. The lowest BCUT2D eigenvalue weighted by molar-refractivity contribution is 0.0524. The lowest BCUT2D eigenvalue weighted by Crippen LogP contribution is -2.30. The van der Waals surface area contributed by atoms with Crippen molar-refractivity contribution in [2.75, 3.05) is 12.4 Å². The van der Waals surface area contributed by atoms with Gasteiger partial charge in [0.2, 0.25) is 0 Å². The highest BCUT2D eigenvalue weighted by atomic mass is 16.6. The number of ether oxygens (including phenoxy) is 2. The Morgan fingerprint density at radius 3 is 2.74 bits per heavy atom. The third-order valence-electron chi connectivity index (χ3n) is 3.63. The van der Waals surface area contributed by atoms with E-state index in [9.17, 15) is 4.79 Å². The molecule has 0 bridgehead atoms. The maximum atomic E-state index is 11.9. The molecule has 1 aliphatic rings. The van der Waals surface area contributed by atoms with E-state index in [-0.39, 0.29) is 6.10 Å². The second kappa shape index (κ2) is 6.45. The summed E-state index contributed by atoms with van der Waals surface area (Å²) in [6.45, 7) is 2.14. The molecule has 4 nitrogen and oxygen atoms in total. The average Bonchev–Trinajstić information content (AvgIpc) is 2.42. The maximum absolute atomic E-state index is 11.9. The standard InChI is InChI=1S/C15H21NO3/c1-11-7-3-5-9-13(11)19-15(17)16-12-8-4-6-10-14(12)18-2/h4,6,8,10-11,13H,3,5,7,9H2,1-2H3,(H,16,17)/t11-,13+/m1/s1. The van der Waals surface area contributed by atoms with Gasteiger partial charge in [-0.3, -0.25) is 5.32 Å². The minimum Gasteiger partial charge on any atom is -0.495 e. The quantitative estimate of drug-likeness (QED) is 0.901. The molecule has 0 spiro atoms. The van der Waals surface area contributed by atoms with Gasteiger partial charge >= 0.3 is 6.09 Å². The molecule has 1 N–H and O–H groups in total. The zero-order valence-electron chi connectivity index (χ0n) is 11.5. The molecule has 0 aromatic heterocycles. The lowest BCUT2D eigenvalue weighted by atomic mass is 9.88. The first kappa shape index (κ1) is 13.7. The minimum atomic E-state index is -0.400. The number of rotatable bonds is 3. The van der Waals surface area contributed by atoms with Crippen molar-refractivity contribution in [2.45, 2.75) is 38.7 Å². The molecule has 2 rings (SSSR count). The predicted molar refractivity (Wildman–Crippen MR) is 74.5 cm³/mol. The van der Waals surface area contributed by atoms with E-state index in [1.807, 2.05) is 12.1 Å². The van der Waals surface area contributed by atoms with Crippen LogP contribution in [0.25, 0.3) is 0 Å². The second-order valence-corrected chi connectivity index (χ2v) is 5.03. The van der Waals surface area contributed by atoms with Gasteiger partial charge in [-0.15, -0.1) is 0 Å². The van der Waals surface area contributed by atoms with E-state index in [4.69, 9.17) is 9.47 Å². The Balaban J connectivity index is 1.93. The third kappa shape index (κ3) is 3.63. The van der Waals surface area contributed by atoms with Crippen LogP contribution in [0.1, 0.15) is 32.6 Å². The Morgan fingerprint density at radius 1 is 1.26 bits per heavy atom. The summed E-state index contributed by atoms with van der Waals surface area (Å²) < 4.78 is 10.7. The predicted octanol–water partition coefficient (Wildman–Crippen LogP) is 3.82. The summed E-state index contributed by atoms with van der Waals surface area (Å²) in [5, 5.41) is 2.74. The van der Waals surface area contributed by atoms with Crippen LogP contribution in [-0.2, 0) is 4.74 Å². The van der Waals surface area contributed by atoms with Gasteiger partial charge in [-0.25, -0.2) is 4.79 Å². The second-order valence-electron chi connectivity index (χ2n) is 5.03. The fraction of sp³-hybridized carbons (Fsp3) is 0.533. The topological polar surface area (TPSA) is 47.6 Å². The van der Waals surface area contributed by atoms with Crippen molar-refractivity contribution in [3.05, 3.63) is 24.3 Å². The first-order chi connectivity index (χ1) is 9.20. The number of para-hydroxylation sites is 2. The molecule has 0 unspecified atom stereocenters. The van der Waals surface area contributed by atoms with Gasteiger partial charge < -0.3 is 9.47 Å². The molecule has 1 fully saturated rings. The molecule has 19 heavy (non-hydrogen) atoms. The zero-order valence-corrected chi connectivity index (χ0v) is 11.5. The van der Waals surface area contributed by atoms with Gasteiger partial charge in [0.05, 0.1) is 12.8 Å². The van der Waals surface area contributed by atoms with Gasteiger partial charge in [0.15, 0.2) is 0 Å². The van der Waals surface area contributed by atoms with Crippen molar-refractivity contribution in [1.82, 2.24) is 0 Å². The van der Waals surface area contributed by atoms with Gasteiger partial charge in [-0.2, -0.15) is 0 Å². The molecule has 104 valence electrons. The molecular formula is C15H21NO3. The van der Waals surface area contributed by atoms with Crippen molar-refractivity contribution < 1.29 is 14.3 Å². The summed E-state index contributed by atoms with van der Waals surface area (Å²) in [6, 6.07) is 7.31. The average molecular weight is 263 g/mol. The number of methoxy groups -OCH3 is 1. The van der Waals surface area contributed by atoms with Crippen LogP contribution < -0.4 is 10.1 Å². The third-order valence-corrected chi connectivity index (χ3v) is 3.63. The molecule has 1 aromatic carbocycles. The molecule has 1 aromatic rings. The number of carbonyl (C=O) groups is 1. The van der Waals surface area contributed by atoms with E-state index in [0.717, 1.165) is 19.3 Å². The van der Waals surface area contributed by atoms with E-state index in [2.05, 4.69) is 12.2 Å². The van der Waals surface area contributed by atoms with Crippen LogP contribution in [-0.4, -0.2) is 19.3 Å². The van der Waals surface area contributed by atoms with Crippen LogP contribution in [0.3, 0.4) is 0 Å². The number of benzene rings is 1. The number of carbonyl (C=O) groups excluding carboxylic acids is 1. The molecule has 1 saturated carbocycles. The van der Waals surface area contributed by atoms with E-state index < -0.39 is 6.09 Å². The Bertz CT molecular complexity index is 433. The Hall–Kier alpha value is -1.71. The molecule has 0 aliphatic heterocycles. The normalized spacial score (nSPS) is 22.6. The van der Waals surface area contributed by atoms with Crippen molar-refractivity contribution in [1.29, 1.82) is 0 Å². The fourth-order valence-corrected chi connectivity index (χ4v) is 2.48. The molecule has 1 amide bonds. The highest BCUT2D eigenvalue weighted by molar-refractivity contribution is 5.86. The summed E-state index contributed by atoms with van der Waals surface area (Å²) in [6.07, 6.45) is 4.09. The molecule has 0 saturated heterocycles. The lowest BCUT2D eigenvalue weighted by Gasteiger charge is -2.28. The molecule has 2 atom stereocenters. The zero-order chi connectivity index (χ0) is 13.7. The van der Waals surface area contributed by atoms with Crippen LogP contribution in [0, 0.1) is 5.92 Å². The van der Waals surface area contributed by atoms with Gasteiger partial charge in [-0.1, -0.05) is 25.5 Å². The monoisotopic (exact) mass is 263 g/mol. The van der Waals surface area contributed by atoms with E-state index >= 15 is 0 Å².